The second-order valence-corrected chi connectivity index (χ2v) is 7.62. The maximum atomic E-state index is 13.2. The summed E-state index contributed by atoms with van der Waals surface area (Å²) in [5, 5.41) is 13.2. The Morgan fingerprint density at radius 1 is 1.07 bits per heavy atom. The van der Waals surface area contributed by atoms with Gasteiger partial charge in [0.1, 0.15) is 12.1 Å². The van der Waals surface area contributed by atoms with Crippen molar-refractivity contribution in [3.63, 3.8) is 0 Å². The van der Waals surface area contributed by atoms with Crippen molar-refractivity contribution in [1.82, 2.24) is 4.90 Å². The molecular weight excluding hydrogens is 352 g/mol. The molecule has 0 radical (unpaired) electrons. The number of carbonyl (C=O) groups is 1. The fraction of sp³-hybridized carbons (Fsp3) is 0.632. The van der Waals surface area contributed by atoms with E-state index in [4.69, 9.17) is 18.9 Å². The lowest BCUT2D eigenvalue weighted by molar-refractivity contribution is -0.897. The molecule has 0 N–H and O–H groups in total. The maximum Gasteiger partial charge on any atom is 0.410 e. The van der Waals surface area contributed by atoms with Gasteiger partial charge in [0, 0.05) is 0 Å². The summed E-state index contributed by atoms with van der Waals surface area (Å²) < 4.78 is 21.1. The Balaban J connectivity index is 2.10. The highest BCUT2D eigenvalue weighted by molar-refractivity contribution is 5.68. The molecule has 1 aromatic rings. The Labute approximate surface area is 160 Å². The van der Waals surface area contributed by atoms with Crippen LogP contribution in [0.1, 0.15) is 26.3 Å². The Bertz CT molecular complexity index is 663. The summed E-state index contributed by atoms with van der Waals surface area (Å²) in [6.07, 6.45) is -0.377. The van der Waals surface area contributed by atoms with E-state index in [0.29, 0.717) is 30.3 Å². The van der Waals surface area contributed by atoms with E-state index in [0.717, 1.165) is 5.56 Å². The summed E-state index contributed by atoms with van der Waals surface area (Å²) in [4.78, 5) is 13.8. The molecule has 0 unspecified atom stereocenters. The van der Waals surface area contributed by atoms with E-state index in [1.807, 2.05) is 26.8 Å². The molecule has 0 saturated carbocycles. The van der Waals surface area contributed by atoms with Crippen molar-refractivity contribution in [3.05, 3.63) is 22.9 Å². The number of quaternary nitrogens is 1. The molecule has 152 valence electrons. The third-order valence-corrected chi connectivity index (χ3v) is 4.45. The van der Waals surface area contributed by atoms with E-state index >= 15 is 0 Å². The summed E-state index contributed by atoms with van der Waals surface area (Å²) in [5.74, 6) is 1.52. The number of hydrogen-bond donors (Lipinski definition) is 0. The first-order valence-corrected chi connectivity index (χ1v) is 8.95. The third kappa shape index (κ3) is 5.17. The highest BCUT2D eigenvalue weighted by atomic mass is 16.6. The second kappa shape index (κ2) is 8.22. The molecule has 0 aromatic heterocycles. The van der Waals surface area contributed by atoms with Crippen molar-refractivity contribution in [2.75, 3.05) is 47.5 Å². The minimum absolute atomic E-state index is 0.228. The van der Waals surface area contributed by atoms with Gasteiger partial charge in [-0.2, -0.15) is 0 Å². The van der Waals surface area contributed by atoms with Gasteiger partial charge < -0.3 is 28.8 Å². The minimum atomic E-state index is -0.551. The molecule has 1 fully saturated rings. The number of hydroxylamine groups is 3. The van der Waals surface area contributed by atoms with E-state index < -0.39 is 10.2 Å². The van der Waals surface area contributed by atoms with Gasteiger partial charge in [0.2, 0.25) is 5.75 Å². The molecule has 0 spiro atoms. The highest BCUT2D eigenvalue weighted by Crippen LogP contribution is 2.40. The number of amides is 1. The molecular formula is C19H30N2O6. The SMILES string of the molecule is COc1ccc(C[N+]2([O-])CCN(C(=O)OC(C)(C)C)CC2)c(OC)c1OC. The number of rotatable bonds is 5. The number of nitrogens with zero attached hydrogens (tertiary/aromatic N) is 2. The first-order valence-electron chi connectivity index (χ1n) is 8.95. The predicted molar refractivity (Wildman–Crippen MR) is 101 cm³/mol. The van der Waals surface area contributed by atoms with Crippen molar-refractivity contribution >= 4 is 6.09 Å². The van der Waals surface area contributed by atoms with Gasteiger partial charge in [-0.25, -0.2) is 4.79 Å². The fourth-order valence-electron chi connectivity index (χ4n) is 3.09. The standard InChI is InChI=1S/C19H30N2O6/c1-19(2,3)27-18(22)20-9-11-21(23,12-10-20)13-14-7-8-15(24-4)17(26-6)16(14)25-5/h7-8H,9-13H2,1-6H3. The van der Waals surface area contributed by atoms with E-state index in [-0.39, 0.29) is 25.7 Å². The Morgan fingerprint density at radius 3 is 2.15 bits per heavy atom. The normalized spacial score (nSPS) is 16.6. The lowest BCUT2D eigenvalue weighted by atomic mass is 10.1. The first kappa shape index (κ1) is 21.1. The number of methoxy groups -OCH3 is 3. The first-order chi connectivity index (χ1) is 12.6. The van der Waals surface area contributed by atoms with E-state index in [1.54, 1.807) is 18.1 Å². The molecule has 2 rings (SSSR count). The van der Waals surface area contributed by atoms with Crippen LogP contribution in [0.2, 0.25) is 0 Å². The minimum Gasteiger partial charge on any atom is -0.632 e. The van der Waals surface area contributed by atoms with Gasteiger partial charge in [-0.05, 0) is 32.9 Å². The smallest absolute Gasteiger partial charge is 0.410 e. The second-order valence-electron chi connectivity index (χ2n) is 7.62. The van der Waals surface area contributed by atoms with Crippen LogP contribution < -0.4 is 14.2 Å². The van der Waals surface area contributed by atoms with Crippen LogP contribution in [0.4, 0.5) is 4.79 Å². The van der Waals surface area contributed by atoms with Crippen LogP contribution in [0, 0.1) is 5.21 Å². The molecule has 27 heavy (non-hydrogen) atoms. The van der Waals surface area contributed by atoms with Crippen molar-refractivity contribution in [2.24, 2.45) is 0 Å². The van der Waals surface area contributed by atoms with Gasteiger partial charge in [0.05, 0.1) is 53.1 Å². The molecule has 1 saturated heterocycles. The predicted octanol–water partition coefficient (Wildman–Crippen LogP) is 2.78. The summed E-state index contributed by atoms with van der Waals surface area (Å²) in [6, 6.07) is 3.58. The zero-order chi connectivity index (χ0) is 20.2. The average Bonchev–Trinajstić information content (AvgIpc) is 2.60. The number of benzene rings is 1. The lowest BCUT2D eigenvalue weighted by Gasteiger charge is -2.48. The van der Waals surface area contributed by atoms with E-state index in [2.05, 4.69) is 0 Å². The zero-order valence-corrected chi connectivity index (χ0v) is 17.0. The summed E-state index contributed by atoms with van der Waals surface area (Å²) in [5.41, 5.74) is 0.196. The summed E-state index contributed by atoms with van der Waals surface area (Å²) in [7, 11) is 4.62. The van der Waals surface area contributed by atoms with Crippen molar-refractivity contribution in [2.45, 2.75) is 32.9 Å². The Morgan fingerprint density at radius 2 is 1.67 bits per heavy atom. The third-order valence-electron chi connectivity index (χ3n) is 4.45. The number of ether oxygens (including phenoxy) is 4. The van der Waals surface area contributed by atoms with Crippen LogP contribution in [0.25, 0.3) is 0 Å². The molecule has 1 aliphatic heterocycles. The van der Waals surface area contributed by atoms with Gasteiger partial charge in [0.15, 0.2) is 11.5 Å². The van der Waals surface area contributed by atoms with Crippen LogP contribution in [-0.4, -0.2) is 68.7 Å². The number of piperazine rings is 1. The zero-order valence-electron chi connectivity index (χ0n) is 17.0. The average molecular weight is 382 g/mol. The maximum absolute atomic E-state index is 13.2. The molecule has 1 amide bonds. The molecule has 1 aromatic carbocycles. The molecule has 0 bridgehead atoms. The molecule has 0 atom stereocenters. The molecule has 1 heterocycles. The van der Waals surface area contributed by atoms with Gasteiger partial charge in [-0.3, -0.25) is 4.90 Å². The molecule has 1 aliphatic rings. The molecule has 8 heteroatoms. The fourth-order valence-corrected chi connectivity index (χ4v) is 3.09. The highest BCUT2D eigenvalue weighted by Gasteiger charge is 2.32. The van der Waals surface area contributed by atoms with Crippen molar-refractivity contribution in [3.8, 4) is 17.2 Å². The van der Waals surface area contributed by atoms with Crippen molar-refractivity contribution in [1.29, 1.82) is 0 Å². The Kier molecular flexibility index (Phi) is 6.43. The van der Waals surface area contributed by atoms with Crippen LogP contribution in [0.3, 0.4) is 0 Å². The largest absolute Gasteiger partial charge is 0.632 e. The van der Waals surface area contributed by atoms with E-state index in [9.17, 15) is 10.0 Å². The van der Waals surface area contributed by atoms with Crippen LogP contribution in [0.15, 0.2) is 12.1 Å². The van der Waals surface area contributed by atoms with Crippen LogP contribution in [-0.2, 0) is 11.3 Å². The van der Waals surface area contributed by atoms with Gasteiger partial charge >= 0.3 is 6.09 Å². The van der Waals surface area contributed by atoms with Crippen molar-refractivity contribution < 1.29 is 28.4 Å². The summed E-state index contributed by atoms with van der Waals surface area (Å²) >= 11 is 0. The Hall–Kier alpha value is -2.19. The van der Waals surface area contributed by atoms with E-state index in [1.165, 1.54) is 14.2 Å². The molecule has 8 nitrogen and oxygen atoms in total. The van der Waals surface area contributed by atoms with Gasteiger partial charge in [0.25, 0.3) is 0 Å². The molecule has 0 aliphatic carbocycles. The van der Waals surface area contributed by atoms with Crippen LogP contribution in [0.5, 0.6) is 17.2 Å². The number of hydrogen-bond acceptors (Lipinski definition) is 6. The van der Waals surface area contributed by atoms with Crippen LogP contribution >= 0.6 is 0 Å². The lowest BCUT2D eigenvalue weighted by Crippen LogP contribution is -2.57. The van der Waals surface area contributed by atoms with Gasteiger partial charge in [-0.1, -0.05) is 0 Å². The number of carbonyl (C=O) groups excluding carboxylic acids is 1. The van der Waals surface area contributed by atoms with Gasteiger partial charge in [-0.15, -0.1) is 0 Å². The quantitative estimate of drug-likeness (QED) is 0.575. The summed E-state index contributed by atoms with van der Waals surface area (Å²) in [6.45, 7) is 6.99. The topological polar surface area (TPSA) is 80.3 Å². The monoisotopic (exact) mass is 382 g/mol.